The van der Waals surface area contributed by atoms with Crippen LogP contribution in [0.5, 0.6) is 0 Å². The van der Waals surface area contributed by atoms with Gasteiger partial charge in [-0.1, -0.05) is 42.5 Å². The number of carbonyl (C=O) groups excluding carboxylic acids is 2. The van der Waals surface area contributed by atoms with Gasteiger partial charge in [-0.05, 0) is 42.6 Å². The summed E-state index contributed by atoms with van der Waals surface area (Å²) in [6.45, 7) is 4.23. The van der Waals surface area contributed by atoms with Crippen LogP contribution in [0.15, 0.2) is 54.6 Å². The highest BCUT2D eigenvalue weighted by atomic mass is 16.6. The fourth-order valence-corrected chi connectivity index (χ4v) is 3.43. The maximum atomic E-state index is 12.9. The molecular weight excluding hydrogens is 410 g/mol. The standard InChI is InChI=1S/C24H31N3O5/c28-18-20-8-10-21(11-9-20)26-23(29)22(7-4-12-27-13-15-31-16-14-27)32-24(30)25-17-19-5-2-1-3-6-19/h1-3,5-6,8-11,22,28H,4,7,12-18H2,(H,25,30)(H,26,29)/t22-/m0/s1. The molecule has 1 saturated heterocycles. The maximum Gasteiger partial charge on any atom is 0.408 e. The smallest absolute Gasteiger partial charge is 0.408 e. The molecule has 2 aromatic rings. The number of nitrogens with zero attached hydrogens (tertiary/aromatic N) is 1. The quantitative estimate of drug-likeness (QED) is 0.524. The molecule has 1 heterocycles. The molecule has 0 radical (unpaired) electrons. The van der Waals surface area contributed by atoms with Gasteiger partial charge in [0.2, 0.25) is 0 Å². The molecule has 2 amide bonds. The number of amides is 2. The Kier molecular flexibility index (Phi) is 9.49. The minimum atomic E-state index is -0.913. The molecule has 1 aliphatic rings. The van der Waals surface area contributed by atoms with Crippen LogP contribution in [0.4, 0.5) is 10.5 Å². The normalized spacial score (nSPS) is 15.0. The summed E-state index contributed by atoms with van der Waals surface area (Å²) in [5.74, 6) is -0.376. The molecule has 8 nitrogen and oxygen atoms in total. The van der Waals surface area contributed by atoms with E-state index in [1.165, 1.54) is 0 Å². The number of alkyl carbamates (subject to hydrolysis) is 1. The Labute approximate surface area is 188 Å². The van der Waals surface area contributed by atoms with E-state index in [0.29, 0.717) is 38.3 Å². The van der Waals surface area contributed by atoms with Crippen LogP contribution in [0, 0.1) is 0 Å². The van der Waals surface area contributed by atoms with Gasteiger partial charge in [0.15, 0.2) is 6.10 Å². The lowest BCUT2D eigenvalue weighted by Gasteiger charge is -2.27. The fourth-order valence-electron chi connectivity index (χ4n) is 3.43. The lowest BCUT2D eigenvalue weighted by molar-refractivity contribution is -0.124. The highest BCUT2D eigenvalue weighted by Crippen LogP contribution is 2.13. The lowest BCUT2D eigenvalue weighted by Crippen LogP contribution is -2.39. The van der Waals surface area contributed by atoms with Gasteiger partial charge in [-0.2, -0.15) is 0 Å². The molecule has 3 rings (SSSR count). The van der Waals surface area contributed by atoms with Crippen LogP contribution in [-0.2, 0) is 27.4 Å². The van der Waals surface area contributed by atoms with Crippen LogP contribution < -0.4 is 10.6 Å². The molecule has 1 aliphatic heterocycles. The first-order chi connectivity index (χ1) is 15.6. The van der Waals surface area contributed by atoms with Crippen LogP contribution in [0.2, 0.25) is 0 Å². The second-order valence-corrected chi connectivity index (χ2v) is 7.67. The van der Waals surface area contributed by atoms with Crippen molar-refractivity contribution in [2.75, 3.05) is 38.2 Å². The number of aliphatic hydroxyl groups excluding tert-OH is 1. The Bertz CT molecular complexity index is 838. The maximum absolute atomic E-state index is 12.9. The highest BCUT2D eigenvalue weighted by molar-refractivity contribution is 5.95. The van der Waals surface area contributed by atoms with Gasteiger partial charge in [0.25, 0.3) is 5.91 Å². The van der Waals surface area contributed by atoms with Gasteiger partial charge in [0.1, 0.15) is 0 Å². The fraction of sp³-hybridized carbons (Fsp3) is 0.417. The lowest BCUT2D eigenvalue weighted by atomic mass is 10.1. The van der Waals surface area contributed by atoms with Gasteiger partial charge in [0, 0.05) is 25.3 Å². The molecule has 2 aromatic carbocycles. The SMILES string of the molecule is O=C(NCc1ccccc1)O[C@@H](CCCN1CCOCC1)C(=O)Nc1ccc(CO)cc1. The predicted octanol–water partition coefficient (Wildman–Crippen LogP) is 2.52. The van der Waals surface area contributed by atoms with Crippen molar-refractivity contribution in [3.8, 4) is 0 Å². The molecule has 0 aromatic heterocycles. The van der Waals surface area contributed by atoms with E-state index < -0.39 is 12.2 Å². The van der Waals surface area contributed by atoms with Gasteiger partial charge < -0.3 is 25.2 Å². The molecule has 0 aliphatic carbocycles. The minimum Gasteiger partial charge on any atom is -0.436 e. The molecule has 0 unspecified atom stereocenters. The molecule has 8 heteroatoms. The monoisotopic (exact) mass is 441 g/mol. The van der Waals surface area contributed by atoms with E-state index in [4.69, 9.17) is 9.47 Å². The Balaban J connectivity index is 1.55. The number of hydrogen-bond donors (Lipinski definition) is 3. The first-order valence-corrected chi connectivity index (χ1v) is 10.9. The Hall–Kier alpha value is -2.94. The molecule has 0 saturated carbocycles. The number of anilines is 1. The second-order valence-electron chi connectivity index (χ2n) is 7.67. The van der Waals surface area contributed by atoms with Crippen LogP contribution in [-0.4, -0.2) is 61.0 Å². The van der Waals surface area contributed by atoms with Crippen molar-refractivity contribution >= 4 is 17.7 Å². The predicted molar refractivity (Wildman–Crippen MR) is 121 cm³/mol. The third-order valence-electron chi connectivity index (χ3n) is 5.27. The largest absolute Gasteiger partial charge is 0.436 e. The van der Waals surface area contributed by atoms with E-state index >= 15 is 0 Å². The van der Waals surface area contributed by atoms with Crippen molar-refractivity contribution in [3.05, 3.63) is 65.7 Å². The van der Waals surface area contributed by atoms with Crippen LogP contribution in [0.25, 0.3) is 0 Å². The molecule has 3 N–H and O–H groups in total. The molecule has 0 bridgehead atoms. The number of hydrogen-bond acceptors (Lipinski definition) is 6. The topological polar surface area (TPSA) is 100 Å². The Morgan fingerprint density at radius 1 is 1.03 bits per heavy atom. The summed E-state index contributed by atoms with van der Waals surface area (Å²) < 4.78 is 10.9. The van der Waals surface area contributed by atoms with Gasteiger partial charge in [-0.25, -0.2) is 4.79 Å². The first kappa shape index (κ1) is 23.7. The van der Waals surface area contributed by atoms with Gasteiger partial charge >= 0.3 is 6.09 Å². The average Bonchev–Trinajstić information content (AvgIpc) is 2.84. The number of ether oxygens (including phenoxy) is 2. The Morgan fingerprint density at radius 3 is 2.44 bits per heavy atom. The number of benzene rings is 2. The number of carbonyl (C=O) groups is 2. The summed E-state index contributed by atoms with van der Waals surface area (Å²) in [7, 11) is 0. The molecule has 0 spiro atoms. The van der Waals surface area contributed by atoms with Crippen LogP contribution >= 0.6 is 0 Å². The van der Waals surface area contributed by atoms with Crippen molar-refractivity contribution in [1.29, 1.82) is 0 Å². The summed E-state index contributed by atoms with van der Waals surface area (Å²) in [5.41, 5.74) is 2.28. The zero-order chi connectivity index (χ0) is 22.6. The molecule has 32 heavy (non-hydrogen) atoms. The zero-order valence-corrected chi connectivity index (χ0v) is 18.2. The second kappa shape index (κ2) is 12.8. The van der Waals surface area contributed by atoms with Crippen LogP contribution in [0.1, 0.15) is 24.0 Å². The van der Waals surface area contributed by atoms with Crippen molar-refractivity contribution in [1.82, 2.24) is 10.2 Å². The van der Waals surface area contributed by atoms with Gasteiger partial charge in [0.05, 0.1) is 19.8 Å². The third-order valence-corrected chi connectivity index (χ3v) is 5.27. The third kappa shape index (κ3) is 7.96. The summed E-state index contributed by atoms with van der Waals surface area (Å²) >= 11 is 0. The van der Waals surface area contributed by atoms with E-state index in [2.05, 4.69) is 15.5 Å². The summed E-state index contributed by atoms with van der Waals surface area (Å²) in [6.07, 6.45) is -0.412. The van der Waals surface area contributed by atoms with E-state index in [1.54, 1.807) is 24.3 Å². The highest BCUT2D eigenvalue weighted by Gasteiger charge is 2.23. The van der Waals surface area contributed by atoms with E-state index in [-0.39, 0.29) is 12.5 Å². The van der Waals surface area contributed by atoms with E-state index in [0.717, 1.165) is 30.8 Å². The summed E-state index contributed by atoms with van der Waals surface area (Å²) in [6, 6.07) is 16.4. The zero-order valence-electron chi connectivity index (χ0n) is 18.2. The van der Waals surface area contributed by atoms with Crippen molar-refractivity contribution in [2.24, 2.45) is 0 Å². The number of nitrogens with one attached hydrogen (secondary N) is 2. The average molecular weight is 442 g/mol. The summed E-state index contributed by atoms with van der Waals surface area (Å²) in [4.78, 5) is 27.5. The van der Waals surface area contributed by atoms with Crippen molar-refractivity contribution in [3.63, 3.8) is 0 Å². The van der Waals surface area contributed by atoms with Crippen molar-refractivity contribution in [2.45, 2.75) is 32.1 Å². The first-order valence-electron chi connectivity index (χ1n) is 10.9. The van der Waals surface area contributed by atoms with Crippen LogP contribution in [0.3, 0.4) is 0 Å². The summed E-state index contributed by atoms with van der Waals surface area (Å²) in [5, 5.41) is 14.7. The Morgan fingerprint density at radius 2 is 1.75 bits per heavy atom. The molecule has 1 atom stereocenters. The van der Waals surface area contributed by atoms with E-state index in [9.17, 15) is 14.7 Å². The van der Waals surface area contributed by atoms with E-state index in [1.807, 2.05) is 30.3 Å². The molecule has 1 fully saturated rings. The number of aliphatic hydroxyl groups is 1. The number of morpholine rings is 1. The molecular formula is C24H31N3O5. The number of rotatable bonds is 10. The minimum absolute atomic E-state index is 0.0664. The molecule has 172 valence electrons. The van der Waals surface area contributed by atoms with Gasteiger partial charge in [-0.3, -0.25) is 9.69 Å². The van der Waals surface area contributed by atoms with Gasteiger partial charge in [-0.15, -0.1) is 0 Å². The van der Waals surface area contributed by atoms with Crippen molar-refractivity contribution < 1.29 is 24.2 Å².